The number of hydrogen-bond donors (Lipinski definition) is 0. The van der Waals surface area contributed by atoms with Crippen LogP contribution in [-0.4, -0.2) is 73.6 Å². The zero-order valence-electron chi connectivity index (χ0n) is 29.9. The third kappa shape index (κ3) is 6.18. The van der Waals surface area contributed by atoms with Gasteiger partial charge in [-0.2, -0.15) is 0 Å². The van der Waals surface area contributed by atoms with Gasteiger partial charge in [0.25, 0.3) is 0 Å². The van der Waals surface area contributed by atoms with Crippen molar-refractivity contribution in [3.63, 3.8) is 0 Å². The van der Waals surface area contributed by atoms with Gasteiger partial charge in [-0.1, -0.05) is 11.3 Å². The van der Waals surface area contributed by atoms with E-state index in [1.165, 1.54) is 13.2 Å². The minimum atomic E-state index is -0.584. The van der Waals surface area contributed by atoms with E-state index in [4.69, 9.17) is 37.9 Å². The molecule has 0 amide bonds. The maximum absolute atomic E-state index is 13.7. The van der Waals surface area contributed by atoms with E-state index in [0.29, 0.717) is 51.5 Å². The van der Waals surface area contributed by atoms with E-state index in [0.717, 1.165) is 22.3 Å². The van der Waals surface area contributed by atoms with E-state index in [-0.39, 0.29) is 37.7 Å². The van der Waals surface area contributed by atoms with Gasteiger partial charge in [0, 0.05) is 29.8 Å². The molecule has 276 valence electrons. The van der Waals surface area contributed by atoms with E-state index in [1.807, 2.05) is 36.4 Å². The molecule has 14 heteroatoms. The van der Waals surface area contributed by atoms with Crippen LogP contribution in [0.25, 0.3) is 6.08 Å². The third-order valence-electron chi connectivity index (χ3n) is 9.99. The molecule has 0 unspecified atom stereocenters. The Bertz CT molecular complexity index is 2230. The molecule has 8 rings (SSSR count). The van der Waals surface area contributed by atoms with Gasteiger partial charge < -0.3 is 37.9 Å². The summed E-state index contributed by atoms with van der Waals surface area (Å²) in [5.41, 5.74) is 4.36. The maximum Gasteiger partial charge on any atom is 0.310 e. The number of ketones is 1. The second-order valence-electron chi connectivity index (χ2n) is 12.9. The Morgan fingerprint density at radius 2 is 1.57 bits per heavy atom. The molecule has 0 bridgehead atoms. The molecule has 3 aromatic carbocycles. The first-order chi connectivity index (χ1) is 26.4. The number of aromatic nitrogens is 4. The van der Waals surface area contributed by atoms with E-state index < -0.39 is 17.9 Å². The molecule has 2 aliphatic heterocycles. The molecule has 4 heterocycles. The lowest BCUT2D eigenvalue weighted by atomic mass is 9.65. The molecule has 1 aliphatic carbocycles. The van der Waals surface area contributed by atoms with Crippen LogP contribution in [0.15, 0.2) is 79.3 Å². The summed E-state index contributed by atoms with van der Waals surface area (Å²) in [6.07, 6.45) is 8.36. The fourth-order valence-corrected chi connectivity index (χ4v) is 7.50. The number of methoxy groups -OCH3 is 4. The van der Waals surface area contributed by atoms with Gasteiger partial charge in [-0.3, -0.25) is 14.6 Å². The van der Waals surface area contributed by atoms with Crippen molar-refractivity contribution in [2.24, 2.45) is 11.8 Å². The van der Waals surface area contributed by atoms with E-state index in [2.05, 4.69) is 15.3 Å². The number of rotatable bonds is 12. The predicted octanol–water partition coefficient (Wildman–Crippen LogP) is 5.44. The molecule has 2 aromatic heterocycles. The van der Waals surface area contributed by atoms with Gasteiger partial charge in [-0.05, 0) is 82.9 Å². The topological polar surface area (TPSA) is 152 Å². The lowest BCUT2D eigenvalue weighted by Gasteiger charge is -2.39. The summed E-state index contributed by atoms with van der Waals surface area (Å²) in [6.45, 7) is 0.316. The van der Waals surface area contributed by atoms with Crippen molar-refractivity contribution in [1.29, 1.82) is 0 Å². The van der Waals surface area contributed by atoms with Crippen LogP contribution in [-0.2, 0) is 16.1 Å². The van der Waals surface area contributed by atoms with Gasteiger partial charge in [-0.25, -0.2) is 4.68 Å². The SMILES string of the molecule is COc1cc(C(=O)/C=C/c2ccncc2)ccc1OCc1cn([C@@H]2c3cc4c(cc3[C@@H](c3cc(OC)c(OC)c(OC)c3)[C@H]3C(=O)OC[C@@H]32)OCO4)nn1. The van der Waals surface area contributed by atoms with Crippen molar-refractivity contribution in [2.75, 3.05) is 41.8 Å². The summed E-state index contributed by atoms with van der Waals surface area (Å²) in [7, 11) is 6.17. The van der Waals surface area contributed by atoms with Crippen LogP contribution in [0.1, 0.15) is 50.3 Å². The molecule has 0 saturated carbocycles. The van der Waals surface area contributed by atoms with Gasteiger partial charge in [-0.15, -0.1) is 5.10 Å². The summed E-state index contributed by atoms with van der Waals surface area (Å²) in [5.74, 6) is 1.53. The largest absolute Gasteiger partial charge is 0.493 e. The highest BCUT2D eigenvalue weighted by atomic mass is 16.7. The quantitative estimate of drug-likeness (QED) is 0.0911. The lowest BCUT2D eigenvalue weighted by Crippen LogP contribution is -2.37. The number of ether oxygens (including phenoxy) is 8. The minimum absolute atomic E-state index is 0.0594. The van der Waals surface area contributed by atoms with Crippen LogP contribution in [0.2, 0.25) is 0 Å². The van der Waals surface area contributed by atoms with E-state index in [1.54, 1.807) is 68.9 Å². The van der Waals surface area contributed by atoms with Gasteiger partial charge >= 0.3 is 5.97 Å². The first kappa shape index (κ1) is 34.5. The molecule has 1 fully saturated rings. The predicted molar refractivity (Wildman–Crippen MR) is 192 cm³/mol. The standard InChI is InChI=1S/C40H36N4O10/c1-47-31-13-23(29(45)7-5-22-9-11-41-12-10-22)6-8-30(31)51-19-25-18-44(43-42-25)38-27-17-33-32(53-21-54-33)16-26(27)36(37-28(38)20-52-40(37)46)24-14-34(48-2)39(50-4)35(15-24)49-3/h5-18,28,36-38H,19-21H2,1-4H3/b7-5+/t28-,36+,37-,38+/m0/s1. The van der Waals surface area contributed by atoms with Crippen LogP contribution in [0.5, 0.6) is 40.2 Å². The molecule has 54 heavy (non-hydrogen) atoms. The Hall–Kier alpha value is -6.57. The Labute approximate surface area is 310 Å². The summed E-state index contributed by atoms with van der Waals surface area (Å²) in [4.78, 5) is 30.5. The van der Waals surface area contributed by atoms with E-state index in [9.17, 15) is 9.59 Å². The molecule has 1 saturated heterocycles. The molecule has 0 radical (unpaired) electrons. The van der Waals surface area contributed by atoms with Crippen LogP contribution in [0, 0.1) is 11.8 Å². The minimum Gasteiger partial charge on any atom is -0.493 e. The van der Waals surface area contributed by atoms with Gasteiger partial charge in [0.05, 0.1) is 53.2 Å². The molecule has 14 nitrogen and oxygen atoms in total. The zero-order valence-corrected chi connectivity index (χ0v) is 29.9. The van der Waals surface area contributed by atoms with Crippen LogP contribution in [0.3, 0.4) is 0 Å². The molecule has 4 atom stereocenters. The number of carbonyl (C=O) groups excluding carboxylic acids is 2. The maximum atomic E-state index is 13.7. The van der Waals surface area contributed by atoms with Crippen LogP contribution in [0.4, 0.5) is 0 Å². The number of fused-ring (bicyclic) bond motifs is 3. The Kier molecular flexibility index (Phi) is 9.24. The summed E-state index contributed by atoms with van der Waals surface area (Å²) in [6, 6.07) is 15.8. The molecule has 3 aliphatic rings. The highest BCUT2D eigenvalue weighted by molar-refractivity contribution is 6.07. The lowest BCUT2D eigenvalue weighted by molar-refractivity contribution is -0.141. The number of nitrogens with zero attached hydrogens (tertiary/aromatic N) is 4. The van der Waals surface area contributed by atoms with Crippen LogP contribution >= 0.6 is 0 Å². The molecular formula is C40H36N4O10. The van der Waals surface area contributed by atoms with Crippen molar-refractivity contribution in [1.82, 2.24) is 20.0 Å². The number of carbonyl (C=O) groups is 2. The molecule has 0 spiro atoms. The monoisotopic (exact) mass is 732 g/mol. The van der Waals surface area contributed by atoms with Crippen molar-refractivity contribution in [2.45, 2.75) is 18.6 Å². The second-order valence-corrected chi connectivity index (χ2v) is 12.9. The second kappa shape index (κ2) is 14.5. The highest BCUT2D eigenvalue weighted by Gasteiger charge is 2.53. The summed E-state index contributed by atoms with van der Waals surface area (Å²) >= 11 is 0. The number of benzene rings is 3. The Balaban J connectivity index is 1.09. The van der Waals surface area contributed by atoms with Crippen molar-refractivity contribution >= 4 is 17.8 Å². The average molecular weight is 733 g/mol. The van der Waals surface area contributed by atoms with E-state index >= 15 is 0 Å². The Morgan fingerprint density at radius 3 is 2.28 bits per heavy atom. The third-order valence-corrected chi connectivity index (χ3v) is 9.99. The number of cyclic esters (lactones) is 1. The molecule has 0 N–H and O–H groups in total. The summed E-state index contributed by atoms with van der Waals surface area (Å²) < 4.78 is 47.8. The average Bonchev–Trinajstić information content (AvgIpc) is 3.97. The smallest absolute Gasteiger partial charge is 0.310 e. The number of allylic oxidation sites excluding steroid dienone is 1. The highest BCUT2D eigenvalue weighted by Crippen LogP contribution is 2.56. The van der Waals surface area contributed by atoms with Gasteiger partial charge in [0.15, 0.2) is 40.3 Å². The number of esters is 1. The van der Waals surface area contributed by atoms with Crippen molar-refractivity contribution < 1.29 is 47.5 Å². The van der Waals surface area contributed by atoms with Crippen LogP contribution < -0.4 is 33.2 Å². The molecular weight excluding hydrogens is 696 g/mol. The fraction of sp³-hybridized carbons (Fsp3) is 0.275. The first-order valence-corrected chi connectivity index (χ1v) is 17.1. The van der Waals surface area contributed by atoms with Crippen molar-refractivity contribution in [3.8, 4) is 40.2 Å². The normalized spacial score (nSPS) is 19.5. The number of pyridine rings is 1. The number of hydrogen-bond acceptors (Lipinski definition) is 13. The van der Waals surface area contributed by atoms with Gasteiger partial charge in [0.2, 0.25) is 12.5 Å². The first-order valence-electron chi connectivity index (χ1n) is 17.1. The van der Waals surface area contributed by atoms with Gasteiger partial charge in [0.1, 0.15) is 12.3 Å². The zero-order chi connectivity index (χ0) is 37.3. The summed E-state index contributed by atoms with van der Waals surface area (Å²) in [5, 5.41) is 8.97. The fourth-order valence-electron chi connectivity index (χ4n) is 7.50. The molecule has 5 aromatic rings. The Morgan fingerprint density at radius 1 is 0.852 bits per heavy atom. The van der Waals surface area contributed by atoms with Crippen molar-refractivity contribution in [3.05, 3.63) is 113 Å².